The Morgan fingerprint density at radius 1 is 1.33 bits per heavy atom. The molecule has 0 unspecified atom stereocenters. The van der Waals surface area contributed by atoms with Gasteiger partial charge in [-0.3, -0.25) is 4.90 Å². The molecule has 0 amide bonds. The van der Waals surface area contributed by atoms with Gasteiger partial charge in [0.05, 0.1) is 19.5 Å². The van der Waals surface area contributed by atoms with Crippen molar-refractivity contribution in [2.24, 2.45) is 0 Å². The second-order valence-electron chi connectivity index (χ2n) is 4.88. The molecular formula is C14H23N3O. The number of hydrogen-bond donors (Lipinski definition) is 1. The molecule has 18 heavy (non-hydrogen) atoms. The molecule has 0 radical (unpaired) electrons. The van der Waals surface area contributed by atoms with E-state index >= 15 is 0 Å². The van der Waals surface area contributed by atoms with Crippen LogP contribution in [0.5, 0.6) is 5.75 Å². The molecule has 4 nitrogen and oxygen atoms in total. The summed E-state index contributed by atoms with van der Waals surface area (Å²) in [4.78, 5) is 4.72. The Balaban J connectivity index is 2.07. The molecular weight excluding hydrogens is 226 g/mol. The van der Waals surface area contributed by atoms with E-state index in [0.29, 0.717) is 0 Å². The fourth-order valence-corrected chi connectivity index (χ4v) is 2.33. The van der Waals surface area contributed by atoms with Crippen LogP contribution in [0.2, 0.25) is 0 Å². The van der Waals surface area contributed by atoms with Crippen molar-refractivity contribution in [3.05, 3.63) is 23.8 Å². The lowest BCUT2D eigenvalue weighted by atomic mass is 10.2. The summed E-state index contributed by atoms with van der Waals surface area (Å²) in [7, 11) is 3.85. The van der Waals surface area contributed by atoms with Crippen molar-refractivity contribution in [1.82, 2.24) is 10.2 Å². The Morgan fingerprint density at radius 2 is 2.06 bits per heavy atom. The minimum atomic E-state index is 0.943. The highest BCUT2D eigenvalue weighted by atomic mass is 16.5. The SMILES string of the molecule is COc1ccc(C)cc1N(C)CN1CCNCC1. The van der Waals surface area contributed by atoms with Gasteiger partial charge in [-0.1, -0.05) is 6.07 Å². The summed E-state index contributed by atoms with van der Waals surface area (Å²) in [5.41, 5.74) is 2.42. The zero-order valence-electron chi connectivity index (χ0n) is 11.6. The highest BCUT2D eigenvalue weighted by molar-refractivity contribution is 5.59. The van der Waals surface area contributed by atoms with Gasteiger partial charge in [-0.05, 0) is 24.6 Å². The highest BCUT2D eigenvalue weighted by Crippen LogP contribution is 2.28. The number of aryl methyl sites for hydroxylation is 1. The normalized spacial score (nSPS) is 16.6. The number of nitrogens with one attached hydrogen (secondary N) is 1. The minimum Gasteiger partial charge on any atom is -0.495 e. The topological polar surface area (TPSA) is 27.7 Å². The molecule has 0 atom stereocenters. The summed E-state index contributed by atoms with van der Waals surface area (Å²) in [5.74, 6) is 0.943. The van der Waals surface area contributed by atoms with Crippen LogP contribution in [0.15, 0.2) is 18.2 Å². The smallest absolute Gasteiger partial charge is 0.142 e. The molecule has 1 fully saturated rings. The van der Waals surface area contributed by atoms with E-state index in [9.17, 15) is 0 Å². The fraction of sp³-hybridized carbons (Fsp3) is 0.571. The Morgan fingerprint density at radius 3 is 2.72 bits per heavy atom. The number of methoxy groups -OCH3 is 1. The Labute approximate surface area is 110 Å². The third-order valence-electron chi connectivity index (χ3n) is 3.37. The van der Waals surface area contributed by atoms with Gasteiger partial charge in [-0.15, -0.1) is 0 Å². The molecule has 0 saturated carbocycles. The molecule has 2 rings (SSSR count). The molecule has 4 heteroatoms. The van der Waals surface area contributed by atoms with E-state index in [0.717, 1.165) is 44.3 Å². The van der Waals surface area contributed by atoms with Crippen molar-refractivity contribution in [3.63, 3.8) is 0 Å². The standard InChI is InChI=1S/C14H23N3O/c1-12-4-5-14(18-3)13(10-12)16(2)11-17-8-6-15-7-9-17/h4-5,10,15H,6-9,11H2,1-3H3. The van der Waals surface area contributed by atoms with Crippen LogP contribution in [-0.2, 0) is 0 Å². The van der Waals surface area contributed by atoms with Crippen molar-refractivity contribution < 1.29 is 4.74 Å². The summed E-state index contributed by atoms with van der Waals surface area (Å²) in [6.07, 6.45) is 0. The predicted molar refractivity (Wildman–Crippen MR) is 75.4 cm³/mol. The first kappa shape index (κ1) is 13.2. The van der Waals surface area contributed by atoms with Crippen LogP contribution in [0.1, 0.15) is 5.56 Å². The Kier molecular flexibility index (Phi) is 4.44. The summed E-state index contributed by atoms with van der Waals surface area (Å²) >= 11 is 0. The van der Waals surface area contributed by atoms with E-state index in [2.05, 4.69) is 41.2 Å². The van der Waals surface area contributed by atoms with Crippen LogP contribution < -0.4 is 15.0 Å². The van der Waals surface area contributed by atoms with Crippen LogP contribution in [0.25, 0.3) is 0 Å². The van der Waals surface area contributed by atoms with Gasteiger partial charge in [0.25, 0.3) is 0 Å². The van der Waals surface area contributed by atoms with E-state index in [1.54, 1.807) is 7.11 Å². The molecule has 100 valence electrons. The molecule has 1 heterocycles. The molecule has 0 aliphatic carbocycles. The van der Waals surface area contributed by atoms with Crippen LogP contribution in [0, 0.1) is 6.92 Å². The minimum absolute atomic E-state index is 0.943. The molecule has 0 aromatic heterocycles. The molecule has 1 N–H and O–H groups in total. The monoisotopic (exact) mass is 249 g/mol. The van der Waals surface area contributed by atoms with Crippen molar-refractivity contribution in [1.29, 1.82) is 0 Å². The first-order valence-electron chi connectivity index (χ1n) is 6.49. The lowest BCUT2D eigenvalue weighted by Gasteiger charge is -2.32. The highest BCUT2D eigenvalue weighted by Gasteiger charge is 2.14. The molecule has 0 spiro atoms. The summed E-state index contributed by atoms with van der Waals surface area (Å²) in [6.45, 7) is 7.44. The van der Waals surface area contributed by atoms with E-state index in [-0.39, 0.29) is 0 Å². The van der Waals surface area contributed by atoms with Crippen molar-refractivity contribution >= 4 is 5.69 Å². The quantitative estimate of drug-likeness (QED) is 0.870. The summed E-state index contributed by atoms with van der Waals surface area (Å²) in [5, 5.41) is 3.37. The number of rotatable bonds is 4. The van der Waals surface area contributed by atoms with E-state index in [1.807, 2.05) is 6.07 Å². The number of benzene rings is 1. The number of piperazine rings is 1. The maximum absolute atomic E-state index is 5.44. The van der Waals surface area contributed by atoms with Crippen molar-refractivity contribution in [2.45, 2.75) is 6.92 Å². The predicted octanol–water partition coefficient (Wildman–Crippen LogP) is 1.30. The zero-order chi connectivity index (χ0) is 13.0. The molecule has 0 bridgehead atoms. The van der Waals surface area contributed by atoms with Crippen LogP contribution in [0.3, 0.4) is 0 Å². The van der Waals surface area contributed by atoms with Crippen LogP contribution in [-0.4, -0.2) is 51.9 Å². The number of nitrogens with zero attached hydrogens (tertiary/aromatic N) is 2. The fourth-order valence-electron chi connectivity index (χ4n) is 2.33. The Hall–Kier alpha value is -1.26. The molecule has 1 aromatic carbocycles. The van der Waals surface area contributed by atoms with Crippen molar-refractivity contribution in [3.8, 4) is 5.75 Å². The van der Waals surface area contributed by atoms with Crippen LogP contribution >= 0.6 is 0 Å². The first-order valence-corrected chi connectivity index (χ1v) is 6.49. The first-order chi connectivity index (χ1) is 8.70. The van der Waals surface area contributed by atoms with Crippen LogP contribution in [0.4, 0.5) is 5.69 Å². The van der Waals surface area contributed by atoms with Gasteiger partial charge in [0.15, 0.2) is 0 Å². The van der Waals surface area contributed by atoms with Crippen molar-refractivity contribution in [2.75, 3.05) is 51.9 Å². The largest absolute Gasteiger partial charge is 0.495 e. The van der Waals surface area contributed by atoms with Gasteiger partial charge in [0.1, 0.15) is 5.75 Å². The lowest BCUT2D eigenvalue weighted by Crippen LogP contribution is -2.47. The molecule has 1 aliphatic rings. The van der Waals surface area contributed by atoms with E-state index < -0.39 is 0 Å². The second-order valence-corrected chi connectivity index (χ2v) is 4.88. The second kappa shape index (κ2) is 6.07. The molecule has 1 aliphatic heterocycles. The van der Waals surface area contributed by atoms with Gasteiger partial charge in [0.2, 0.25) is 0 Å². The van der Waals surface area contributed by atoms with E-state index in [1.165, 1.54) is 5.56 Å². The maximum atomic E-state index is 5.44. The number of anilines is 1. The third-order valence-corrected chi connectivity index (χ3v) is 3.37. The molecule has 1 aromatic rings. The third kappa shape index (κ3) is 3.15. The van der Waals surface area contributed by atoms with Gasteiger partial charge < -0.3 is 15.0 Å². The number of ether oxygens (including phenoxy) is 1. The van der Waals surface area contributed by atoms with Gasteiger partial charge >= 0.3 is 0 Å². The zero-order valence-corrected chi connectivity index (χ0v) is 11.6. The lowest BCUT2D eigenvalue weighted by molar-refractivity contribution is 0.243. The number of hydrogen-bond acceptors (Lipinski definition) is 4. The van der Waals surface area contributed by atoms with Gasteiger partial charge in [0, 0.05) is 33.2 Å². The average Bonchev–Trinajstić information content (AvgIpc) is 2.40. The van der Waals surface area contributed by atoms with E-state index in [4.69, 9.17) is 4.74 Å². The van der Waals surface area contributed by atoms with Gasteiger partial charge in [-0.25, -0.2) is 0 Å². The molecule has 1 saturated heterocycles. The Bertz CT molecular complexity index is 389. The summed E-state index contributed by atoms with van der Waals surface area (Å²) < 4.78 is 5.44. The maximum Gasteiger partial charge on any atom is 0.142 e. The van der Waals surface area contributed by atoms with Gasteiger partial charge in [-0.2, -0.15) is 0 Å². The summed E-state index contributed by atoms with van der Waals surface area (Å²) in [6, 6.07) is 6.31. The average molecular weight is 249 g/mol.